The highest BCUT2D eigenvalue weighted by atomic mass is 19.1. The smallest absolute Gasteiger partial charge is 0.220 e. The Labute approximate surface area is 113 Å². The monoisotopic (exact) mass is 261 g/mol. The van der Waals surface area contributed by atoms with Crippen molar-refractivity contribution in [2.75, 3.05) is 0 Å². The topological polar surface area (TPSA) is 29.1 Å². The zero-order chi connectivity index (χ0) is 13.2. The van der Waals surface area contributed by atoms with E-state index in [9.17, 15) is 9.18 Å². The van der Waals surface area contributed by atoms with Crippen LogP contribution in [-0.2, 0) is 11.2 Å². The quantitative estimate of drug-likeness (QED) is 0.886. The molecule has 19 heavy (non-hydrogen) atoms. The molecule has 0 aromatic heterocycles. The van der Waals surface area contributed by atoms with Crippen LogP contribution in [0.1, 0.15) is 37.7 Å². The van der Waals surface area contributed by atoms with E-state index in [2.05, 4.69) is 5.32 Å². The fourth-order valence-electron chi connectivity index (χ4n) is 3.65. The number of halogens is 1. The Morgan fingerprint density at radius 3 is 2.79 bits per heavy atom. The van der Waals surface area contributed by atoms with E-state index in [-0.39, 0.29) is 11.7 Å². The Morgan fingerprint density at radius 2 is 2.11 bits per heavy atom. The van der Waals surface area contributed by atoms with Gasteiger partial charge >= 0.3 is 0 Å². The molecule has 2 aliphatic rings. The molecular formula is C16H20FNO. The third-order valence-electron chi connectivity index (χ3n) is 4.66. The Bertz CT molecular complexity index is 474. The van der Waals surface area contributed by atoms with Crippen LogP contribution in [0.5, 0.6) is 0 Å². The number of fused-ring (bicyclic) bond motifs is 2. The van der Waals surface area contributed by atoms with Gasteiger partial charge in [-0.1, -0.05) is 24.6 Å². The van der Waals surface area contributed by atoms with Gasteiger partial charge in [-0.3, -0.25) is 4.79 Å². The lowest BCUT2D eigenvalue weighted by atomic mass is 9.95. The lowest BCUT2D eigenvalue weighted by Gasteiger charge is -2.22. The van der Waals surface area contributed by atoms with Gasteiger partial charge in [0.15, 0.2) is 0 Å². The number of aryl methyl sites for hydroxylation is 1. The average molecular weight is 261 g/mol. The number of hydrogen-bond acceptors (Lipinski definition) is 1. The molecule has 2 nitrogen and oxygen atoms in total. The fourth-order valence-corrected chi connectivity index (χ4v) is 3.65. The van der Waals surface area contributed by atoms with Crippen LogP contribution in [-0.4, -0.2) is 11.9 Å². The number of nitrogens with one attached hydrogen (secondary N) is 1. The molecule has 0 aliphatic heterocycles. The lowest BCUT2D eigenvalue weighted by molar-refractivity contribution is -0.122. The summed E-state index contributed by atoms with van der Waals surface area (Å²) in [5, 5.41) is 3.14. The maximum absolute atomic E-state index is 13.4. The summed E-state index contributed by atoms with van der Waals surface area (Å²) in [5.41, 5.74) is 0.630. The molecule has 2 fully saturated rings. The summed E-state index contributed by atoms with van der Waals surface area (Å²) in [4.78, 5) is 11.9. The Morgan fingerprint density at radius 1 is 1.26 bits per heavy atom. The molecule has 3 rings (SSSR count). The zero-order valence-electron chi connectivity index (χ0n) is 11.1. The van der Waals surface area contributed by atoms with E-state index in [4.69, 9.17) is 0 Å². The molecule has 1 aromatic rings. The van der Waals surface area contributed by atoms with Crippen molar-refractivity contribution in [3.05, 3.63) is 35.6 Å². The van der Waals surface area contributed by atoms with Gasteiger partial charge in [0.05, 0.1) is 0 Å². The summed E-state index contributed by atoms with van der Waals surface area (Å²) in [5.74, 6) is 1.39. The van der Waals surface area contributed by atoms with E-state index < -0.39 is 0 Å². The van der Waals surface area contributed by atoms with Gasteiger partial charge in [-0.2, -0.15) is 0 Å². The number of amides is 1. The third-order valence-corrected chi connectivity index (χ3v) is 4.66. The van der Waals surface area contributed by atoms with Gasteiger partial charge in [0, 0.05) is 12.5 Å². The molecule has 2 saturated carbocycles. The highest BCUT2D eigenvalue weighted by Gasteiger charge is 2.39. The summed E-state index contributed by atoms with van der Waals surface area (Å²) < 4.78 is 13.4. The van der Waals surface area contributed by atoms with Crippen LogP contribution in [0.15, 0.2) is 24.3 Å². The first-order valence-electron chi connectivity index (χ1n) is 7.25. The second-order valence-electron chi connectivity index (χ2n) is 5.94. The molecule has 0 heterocycles. The van der Waals surface area contributed by atoms with Crippen LogP contribution in [0.2, 0.25) is 0 Å². The number of carbonyl (C=O) groups is 1. The summed E-state index contributed by atoms with van der Waals surface area (Å²) in [6.07, 6.45) is 5.91. The second-order valence-corrected chi connectivity index (χ2v) is 5.94. The van der Waals surface area contributed by atoms with Crippen molar-refractivity contribution in [2.24, 2.45) is 11.8 Å². The van der Waals surface area contributed by atoms with E-state index in [1.54, 1.807) is 12.1 Å². The van der Waals surface area contributed by atoms with Crippen LogP contribution in [0, 0.1) is 17.7 Å². The normalized spacial score (nSPS) is 28.6. The maximum Gasteiger partial charge on any atom is 0.220 e. The summed E-state index contributed by atoms with van der Waals surface area (Å²) in [6, 6.07) is 7.07. The molecule has 1 N–H and O–H groups in total. The standard InChI is InChI=1S/C16H20FNO/c17-14-4-2-1-3-12(14)7-8-16(19)18-15-10-11-5-6-13(15)9-11/h1-4,11,13,15H,5-10H2,(H,18,19)/t11-,13-,15-/m1/s1. The molecule has 3 atom stereocenters. The predicted octanol–water partition coefficient (Wildman–Crippen LogP) is 3.06. The molecule has 2 aliphatic carbocycles. The minimum absolute atomic E-state index is 0.0702. The molecule has 0 spiro atoms. The van der Waals surface area contributed by atoms with Gasteiger partial charge in [-0.05, 0) is 49.1 Å². The lowest BCUT2D eigenvalue weighted by Crippen LogP contribution is -2.38. The zero-order valence-corrected chi connectivity index (χ0v) is 11.1. The second kappa shape index (κ2) is 5.32. The first-order valence-corrected chi connectivity index (χ1v) is 7.25. The molecule has 102 valence electrons. The number of hydrogen-bond donors (Lipinski definition) is 1. The molecule has 3 heteroatoms. The predicted molar refractivity (Wildman–Crippen MR) is 72.1 cm³/mol. The van der Waals surface area contributed by atoms with Gasteiger partial charge in [0.1, 0.15) is 5.82 Å². The van der Waals surface area contributed by atoms with E-state index in [1.807, 2.05) is 6.07 Å². The van der Waals surface area contributed by atoms with E-state index in [0.29, 0.717) is 30.4 Å². The van der Waals surface area contributed by atoms with Gasteiger partial charge in [-0.15, -0.1) is 0 Å². The van der Waals surface area contributed by atoms with Gasteiger partial charge in [0.2, 0.25) is 5.91 Å². The van der Waals surface area contributed by atoms with Crippen molar-refractivity contribution in [1.82, 2.24) is 5.32 Å². The van der Waals surface area contributed by atoms with Crippen molar-refractivity contribution in [3.8, 4) is 0 Å². The molecule has 1 aromatic carbocycles. The van der Waals surface area contributed by atoms with Crippen molar-refractivity contribution in [3.63, 3.8) is 0 Å². The maximum atomic E-state index is 13.4. The van der Waals surface area contributed by atoms with E-state index in [1.165, 1.54) is 25.3 Å². The minimum Gasteiger partial charge on any atom is -0.353 e. The van der Waals surface area contributed by atoms with E-state index in [0.717, 1.165) is 12.3 Å². The van der Waals surface area contributed by atoms with Gasteiger partial charge < -0.3 is 5.32 Å². The summed E-state index contributed by atoms with van der Waals surface area (Å²) in [7, 11) is 0. The Balaban J connectivity index is 1.48. The first-order chi connectivity index (χ1) is 9.22. The molecule has 0 unspecified atom stereocenters. The van der Waals surface area contributed by atoms with Crippen LogP contribution in [0.25, 0.3) is 0 Å². The highest BCUT2D eigenvalue weighted by molar-refractivity contribution is 5.76. The molecule has 2 bridgehead atoms. The van der Waals surface area contributed by atoms with Crippen LogP contribution in [0.3, 0.4) is 0 Å². The fraction of sp³-hybridized carbons (Fsp3) is 0.562. The summed E-state index contributed by atoms with van der Waals surface area (Å²) >= 11 is 0. The highest BCUT2D eigenvalue weighted by Crippen LogP contribution is 2.44. The Hall–Kier alpha value is -1.38. The van der Waals surface area contributed by atoms with Crippen molar-refractivity contribution in [1.29, 1.82) is 0 Å². The summed E-state index contributed by atoms with van der Waals surface area (Å²) in [6.45, 7) is 0. The van der Waals surface area contributed by atoms with Gasteiger partial charge in [0.25, 0.3) is 0 Å². The van der Waals surface area contributed by atoms with Crippen molar-refractivity contribution >= 4 is 5.91 Å². The molecule has 0 saturated heterocycles. The molecule has 0 radical (unpaired) electrons. The minimum atomic E-state index is -0.213. The third kappa shape index (κ3) is 2.80. The van der Waals surface area contributed by atoms with Crippen molar-refractivity contribution in [2.45, 2.75) is 44.6 Å². The molecular weight excluding hydrogens is 241 g/mol. The Kier molecular flexibility index (Phi) is 3.54. The van der Waals surface area contributed by atoms with Crippen molar-refractivity contribution < 1.29 is 9.18 Å². The number of benzene rings is 1. The van der Waals surface area contributed by atoms with Crippen LogP contribution < -0.4 is 5.32 Å². The molecule has 1 amide bonds. The SMILES string of the molecule is O=C(CCc1ccccc1F)N[C@@H]1C[C@@H]2CC[C@@H]1C2. The number of carbonyl (C=O) groups excluding carboxylic acids is 1. The first kappa shape index (κ1) is 12.6. The number of rotatable bonds is 4. The van der Waals surface area contributed by atoms with Crippen LogP contribution in [0.4, 0.5) is 4.39 Å². The van der Waals surface area contributed by atoms with Gasteiger partial charge in [-0.25, -0.2) is 4.39 Å². The average Bonchev–Trinajstić information content (AvgIpc) is 3.00. The largest absolute Gasteiger partial charge is 0.353 e. The van der Waals surface area contributed by atoms with E-state index >= 15 is 0 Å². The van der Waals surface area contributed by atoms with Crippen LogP contribution >= 0.6 is 0 Å².